The van der Waals surface area contributed by atoms with Crippen LogP contribution in [0.2, 0.25) is 0 Å². The summed E-state index contributed by atoms with van der Waals surface area (Å²) in [6, 6.07) is 4.08. The van der Waals surface area contributed by atoms with Gasteiger partial charge in [0.1, 0.15) is 11.3 Å². The topological polar surface area (TPSA) is 41.1 Å². The lowest BCUT2D eigenvalue weighted by atomic mass is 10.1. The van der Waals surface area contributed by atoms with E-state index in [2.05, 4.69) is 20.9 Å². The fourth-order valence-electron chi connectivity index (χ4n) is 2.69. The Balaban J connectivity index is 1.65. The normalized spacial score (nSPS) is 16.6. The molecule has 1 saturated heterocycles. The molecule has 0 amide bonds. The standard InChI is InChI=1S/C15H21N3OS/c1-19-12-9-13-15(17-11-16-13)14(10-12)20-8-7-18-5-3-2-4-6-18/h9-11H,2-8H2,1H3,(H,16,17). The van der Waals surface area contributed by atoms with Gasteiger partial charge >= 0.3 is 0 Å². The summed E-state index contributed by atoms with van der Waals surface area (Å²) in [5.74, 6) is 2.00. The number of imidazole rings is 1. The van der Waals surface area contributed by atoms with E-state index in [4.69, 9.17) is 4.74 Å². The Hall–Kier alpha value is -1.20. The fourth-order valence-corrected chi connectivity index (χ4v) is 3.76. The molecule has 0 bridgehead atoms. The van der Waals surface area contributed by atoms with E-state index >= 15 is 0 Å². The van der Waals surface area contributed by atoms with Gasteiger partial charge in [-0.3, -0.25) is 0 Å². The highest BCUT2D eigenvalue weighted by Gasteiger charge is 2.11. The molecule has 0 saturated carbocycles. The second kappa shape index (κ2) is 6.50. The minimum absolute atomic E-state index is 0.891. The van der Waals surface area contributed by atoms with E-state index in [0.717, 1.165) is 29.1 Å². The first kappa shape index (κ1) is 13.8. The molecule has 3 rings (SSSR count). The van der Waals surface area contributed by atoms with Crippen molar-refractivity contribution in [2.45, 2.75) is 24.2 Å². The second-order valence-corrected chi connectivity index (χ2v) is 6.31. The van der Waals surface area contributed by atoms with Crippen molar-refractivity contribution in [3.8, 4) is 5.75 Å². The van der Waals surface area contributed by atoms with Crippen LogP contribution in [0.25, 0.3) is 11.0 Å². The molecule has 1 fully saturated rings. The van der Waals surface area contributed by atoms with Gasteiger partial charge in [-0.25, -0.2) is 4.98 Å². The van der Waals surface area contributed by atoms with E-state index in [1.165, 1.54) is 37.2 Å². The van der Waals surface area contributed by atoms with Crippen LogP contribution in [0.1, 0.15) is 19.3 Å². The molecule has 0 spiro atoms. The van der Waals surface area contributed by atoms with Gasteiger partial charge in [0.2, 0.25) is 0 Å². The Labute approximate surface area is 123 Å². The summed E-state index contributed by atoms with van der Waals surface area (Å²) in [6.07, 6.45) is 5.85. The molecule has 1 aliphatic heterocycles. The number of hydrogen-bond acceptors (Lipinski definition) is 4. The van der Waals surface area contributed by atoms with Crippen molar-refractivity contribution >= 4 is 22.8 Å². The number of likely N-dealkylation sites (tertiary alicyclic amines) is 1. The maximum atomic E-state index is 5.36. The smallest absolute Gasteiger partial charge is 0.122 e. The molecule has 5 heteroatoms. The molecule has 0 atom stereocenters. The van der Waals surface area contributed by atoms with Crippen molar-refractivity contribution in [1.82, 2.24) is 14.9 Å². The highest BCUT2D eigenvalue weighted by Crippen LogP contribution is 2.30. The van der Waals surface area contributed by atoms with Crippen molar-refractivity contribution in [1.29, 1.82) is 0 Å². The van der Waals surface area contributed by atoms with Gasteiger partial charge in [-0.1, -0.05) is 6.42 Å². The summed E-state index contributed by atoms with van der Waals surface area (Å²) in [6.45, 7) is 3.68. The molecule has 2 heterocycles. The number of fused-ring (bicyclic) bond motifs is 1. The zero-order valence-corrected chi connectivity index (χ0v) is 12.7. The number of rotatable bonds is 5. The van der Waals surface area contributed by atoms with Crippen molar-refractivity contribution in [2.24, 2.45) is 0 Å². The molecule has 4 nitrogen and oxygen atoms in total. The summed E-state index contributed by atoms with van der Waals surface area (Å²) in [7, 11) is 1.71. The van der Waals surface area contributed by atoms with Crippen LogP contribution < -0.4 is 4.74 Å². The molecular formula is C15H21N3OS. The fraction of sp³-hybridized carbons (Fsp3) is 0.533. The number of benzene rings is 1. The van der Waals surface area contributed by atoms with E-state index in [0.29, 0.717) is 0 Å². The van der Waals surface area contributed by atoms with Gasteiger partial charge in [0.15, 0.2) is 0 Å². The summed E-state index contributed by atoms with van der Waals surface area (Å²) in [5, 5.41) is 0. The summed E-state index contributed by atoms with van der Waals surface area (Å²) in [4.78, 5) is 11.3. The van der Waals surface area contributed by atoms with Crippen molar-refractivity contribution < 1.29 is 4.74 Å². The highest BCUT2D eigenvalue weighted by atomic mass is 32.2. The van der Waals surface area contributed by atoms with Crippen LogP contribution in [0, 0.1) is 0 Å². The highest BCUT2D eigenvalue weighted by molar-refractivity contribution is 7.99. The number of methoxy groups -OCH3 is 1. The number of nitrogens with one attached hydrogen (secondary N) is 1. The number of piperidine rings is 1. The number of nitrogens with zero attached hydrogens (tertiary/aromatic N) is 2. The minimum atomic E-state index is 0.891. The van der Waals surface area contributed by atoms with E-state index < -0.39 is 0 Å². The number of thioether (sulfide) groups is 1. The summed E-state index contributed by atoms with van der Waals surface area (Å²) >= 11 is 1.87. The monoisotopic (exact) mass is 291 g/mol. The van der Waals surface area contributed by atoms with Gasteiger partial charge in [0.05, 0.1) is 19.0 Å². The molecule has 108 valence electrons. The van der Waals surface area contributed by atoms with Crippen LogP contribution in [0.3, 0.4) is 0 Å². The molecule has 20 heavy (non-hydrogen) atoms. The molecule has 1 aromatic heterocycles. The third-order valence-corrected chi connectivity index (χ3v) is 4.82. The molecule has 0 unspecified atom stereocenters. The quantitative estimate of drug-likeness (QED) is 0.859. The zero-order valence-electron chi connectivity index (χ0n) is 11.9. The van der Waals surface area contributed by atoms with Gasteiger partial charge < -0.3 is 14.6 Å². The Morgan fingerprint density at radius 2 is 2.15 bits per heavy atom. The predicted molar refractivity (Wildman–Crippen MR) is 83.7 cm³/mol. The van der Waals surface area contributed by atoms with Gasteiger partial charge in [-0.05, 0) is 32.0 Å². The number of aromatic nitrogens is 2. The number of H-pyrrole nitrogens is 1. The molecular weight excluding hydrogens is 270 g/mol. The average molecular weight is 291 g/mol. The van der Waals surface area contributed by atoms with Gasteiger partial charge in [-0.2, -0.15) is 0 Å². The van der Waals surface area contributed by atoms with E-state index in [-0.39, 0.29) is 0 Å². The molecule has 1 N–H and O–H groups in total. The Morgan fingerprint density at radius 3 is 2.95 bits per heavy atom. The van der Waals surface area contributed by atoms with E-state index in [1.54, 1.807) is 13.4 Å². The Bertz CT molecular complexity index is 563. The van der Waals surface area contributed by atoms with Gasteiger partial charge in [0, 0.05) is 23.3 Å². The summed E-state index contributed by atoms with van der Waals surface area (Å²) in [5.41, 5.74) is 2.10. The SMILES string of the molecule is COc1cc(SCCN2CCCCC2)c2nc[nH]c2c1. The van der Waals surface area contributed by atoms with E-state index in [9.17, 15) is 0 Å². The van der Waals surface area contributed by atoms with Crippen LogP contribution >= 0.6 is 11.8 Å². The maximum Gasteiger partial charge on any atom is 0.122 e. The molecule has 1 aromatic carbocycles. The van der Waals surface area contributed by atoms with Crippen LogP contribution in [0.5, 0.6) is 5.75 Å². The predicted octanol–water partition coefficient (Wildman–Crippen LogP) is 3.15. The van der Waals surface area contributed by atoms with Gasteiger partial charge in [0.25, 0.3) is 0 Å². The average Bonchev–Trinajstić information content (AvgIpc) is 2.96. The van der Waals surface area contributed by atoms with Crippen LogP contribution in [-0.4, -0.2) is 47.4 Å². The molecule has 0 aliphatic carbocycles. The van der Waals surface area contributed by atoms with Crippen LogP contribution in [0.4, 0.5) is 0 Å². The van der Waals surface area contributed by atoms with Crippen molar-refractivity contribution in [3.05, 3.63) is 18.5 Å². The first-order valence-corrected chi connectivity index (χ1v) is 8.21. The van der Waals surface area contributed by atoms with Crippen LogP contribution in [-0.2, 0) is 0 Å². The first-order valence-electron chi connectivity index (χ1n) is 7.23. The van der Waals surface area contributed by atoms with Crippen LogP contribution in [0.15, 0.2) is 23.4 Å². The number of hydrogen-bond donors (Lipinski definition) is 1. The number of aromatic amines is 1. The third kappa shape index (κ3) is 3.10. The largest absolute Gasteiger partial charge is 0.497 e. The lowest BCUT2D eigenvalue weighted by Crippen LogP contribution is -2.31. The Kier molecular flexibility index (Phi) is 4.47. The Morgan fingerprint density at radius 1 is 1.30 bits per heavy atom. The third-order valence-electron chi connectivity index (χ3n) is 3.81. The first-order chi connectivity index (χ1) is 9.86. The zero-order chi connectivity index (χ0) is 13.8. The van der Waals surface area contributed by atoms with E-state index in [1.807, 2.05) is 17.8 Å². The number of ether oxygens (including phenoxy) is 1. The van der Waals surface area contributed by atoms with Gasteiger partial charge in [-0.15, -0.1) is 11.8 Å². The lowest BCUT2D eigenvalue weighted by molar-refractivity contribution is 0.242. The van der Waals surface area contributed by atoms with Crippen molar-refractivity contribution in [3.63, 3.8) is 0 Å². The maximum absolute atomic E-state index is 5.36. The van der Waals surface area contributed by atoms with Crippen molar-refractivity contribution in [2.75, 3.05) is 32.5 Å². The molecule has 1 aliphatic rings. The molecule has 2 aromatic rings. The second-order valence-electron chi connectivity index (χ2n) is 5.18. The lowest BCUT2D eigenvalue weighted by Gasteiger charge is -2.26. The minimum Gasteiger partial charge on any atom is -0.497 e. The summed E-state index contributed by atoms with van der Waals surface area (Å²) < 4.78 is 5.36. The molecule has 0 radical (unpaired) electrons.